The Bertz CT molecular complexity index is 1170. The minimum absolute atomic E-state index is 0.969. The van der Waals surface area contributed by atoms with Gasteiger partial charge in [0.25, 0.3) is 0 Å². The van der Waals surface area contributed by atoms with Crippen LogP contribution in [0.1, 0.15) is 0 Å². The molecule has 0 aliphatic rings. The third-order valence-electron chi connectivity index (χ3n) is 4.09. The topological polar surface area (TPSA) is 38.7 Å². The molecule has 0 radical (unpaired) electrons. The van der Waals surface area contributed by atoms with E-state index in [1.54, 1.807) is 17.5 Å². The Balaban J connectivity index is 1.96. The van der Waals surface area contributed by atoms with E-state index in [1.807, 2.05) is 18.3 Å². The summed E-state index contributed by atoms with van der Waals surface area (Å²) < 4.78 is 2.39. The molecule has 4 heteroatoms. The van der Waals surface area contributed by atoms with E-state index in [4.69, 9.17) is 0 Å². The third kappa shape index (κ3) is 1.85. The fraction of sp³-hybridized carbons (Fsp3) is 0. The highest BCUT2D eigenvalue weighted by Gasteiger charge is 2.14. The van der Waals surface area contributed by atoms with Gasteiger partial charge in [-0.1, -0.05) is 36.4 Å². The highest BCUT2D eigenvalue weighted by molar-refractivity contribution is 7.25. The molecule has 5 rings (SSSR count). The fourth-order valence-corrected chi connectivity index (χ4v) is 4.16. The van der Waals surface area contributed by atoms with E-state index in [1.165, 1.54) is 15.6 Å². The summed E-state index contributed by atoms with van der Waals surface area (Å²) in [6, 6.07) is 18.8. The van der Waals surface area contributed by atoms with Crippen molar-refractivity contribution < 1.29 is 0 Å². The first-order chi connectivity index (χ1) is 11.4. The predicted octanol–water partition coefficient (Wildman–Crippen LogP) is 5.06. The standard InChI is InChI=1S/C19H11N3S/c1-4-12-5-3-10-20-18(12)14(7-1)13-6-2-8-15-17(13)19-16(23-15)9-11-21-22-19/h1-11H. The van der Waals surface area contributed by atoms with Gasteiger partial charge in [-0.3, -0.25) is 4.98 Å². The number of hydrogen-bond donors (Lipinski definition) is 0. The number of nitrogens with zero attached hydrogens (tertiary/aromatic N) is 3. The lowest BCUT2D eigenvalue weighted by atomic mass is 9.98. The van der Waals surface area contributed by atoms with Crippen LogP contribution in [0.4, 0.5) is 0 Å². The molecule has 0 saturated carbocycles. The lowest BCUT2D eigenvalue weighted by molar-refractivity contribution is 1.08. The average molecular weight is 313 g/mol. The van der Waals surface area contributed by atoms with Gasteiger partial charge in [-0.25, -0.2) is 0 Å². The van der Waals surface area contributed by atoms with Gasteiger partial charge in [-0.2, -0.15) is 5.10 Å². The van der Waals surface area contributed by atoms with Crippen LogP contribution >= 0.6 is 11.3 Å². The molecule has 5 aromatic rings. The van der Waals surface area contributed by atoms with Gasteiger partial charge >= 0.3 is 0 Å². The van der Waals surface area contributed by atoms with E-state index < -0.39 is 0 Å². The molecule has 3 nitrogen and oxygen atoms in total. The second-order valence-corrected chi connectivity index (χ2v) is 6.49. The molecule has 0 saturated heterocycles. The van der Waals surface area contributed by atoms with Crippen molar-refractivity contribution in [2.24, 2.45) is 0 Å². The van der Waals surface area contributed by atoms with E-state index in [-0.39, 0.29) is 0 Å². The minimum atomic E-state index is 0.969. The molecule has 23 heavy (non-hydrogen) atoms. The van der Waals surface area contributed by atoms with E-state index in [2.05, 4.69) is 57.6 Å². The average Bonchev–Trinajstić information content (AvgIpc) is 3.00. The molecule has 0 unspecified atom stereocenters. The zero-order valence-electron chi connectivity index (χ0n) is 12.1. The summed E-state index contributed by atoms with van der Waals surface area (Å²) >= 11 is 1.75. The van der Waals surface area contributed by atoms with Crippen molar-refractivity contribution in [2.75, 3.05) is 0 Å². The Hall–Kier alpha value is -2.85. The van der Waals surface area contributed by atoms with Gasteiger partial charge < -0.3 is 0 Å². The maximum Gasteiger partial charge on any atom is 0.112 e. The molecule has 2 aromatic carbocycles. The smallest absolute Gasteiger partial charge is 0.112 e. The van der Waals surface area contributed by atoms with Gasteiger partial charge in [0.1, 0.15) is 5.52 Å². The van der Waals surface area contributed by atoms with E-state index in [0.717, 1.165) is 26.7 Å². The lowest BCUT2D eigenvalue weighted by Crippen LogP contribution is -1.86. The number of aromatic nitrogens is 3. The van der Waals surface area contributed by atoms with Crippen LogP contribution < -0.4 is 0 Å². The Morgan fingerprint density at radius 1 is 0.696 bits per heavy atom. The van der Waals surface area contributed by atoms with Crippen molar-refractivity contribution in [3.05, 3.63) is 67.0 Å². The van der Waals surface area contributed by atoms with Crippen LogP contribution in [0.3, 0.4) is 0 Å². The van der Waals surface area contributed by atoms with Crippen LogP contribution in [0.5, 0.6) is 0 Å². The van der Waals surface area contributed by atoms with Crippen molar-refractivity contribution in [1.29, 1.82) is 0 Å². The predicted molar refractivity (Wildman–Crippen MR) is 95.7 cm³/mol. The van der Waals surface area contributed by atoms with Gasteiger partial charge in [0.2, 0.25) is 0 Å². The summed E-state index contributed by atoms with van der Waals surface area (Å²) in [5, 5.41) is 10.8. The Kier molecular flexibility index (Phi) is 2.66. The van der Waals surface area contributed by atoms with Crippen molar-refractivity contribution in [3.8, 4) is 11.1 Å². The summed E-state index contributed by atoms with van der Waals surface area (Å²) in [6.45, 7) is 0. The van der Waals surface area contributed by atoms with Crippen LogP contribution in [-0.2, 0) is 0 Å². The number of thiophene rings is 1. The van der Waals surface area contributed by atoms with Crippen LogP contribution in [0.2, 0.25) is 0 Å². The Morgan fingerprint density at radius 3 is 2.57 bits per heavy atom. The summed E-state index contributed by atoms with van der Waals surface area (Å²) in [6.07, 6.45) is 3.59. The van der Waals surface area contributed by atoms with Crippen LogP contribution in [0.15, 0.2) is 67.0 Å². The first-order valence-corrected chi connectivity index (χ1v) is 8.20. The summed E-state index contributed by atoms with van der Waals surface area (Å²) in [5.41, 5.74) is 4.29. The zero-order chi connectivity index (χ0) is 15.2. The minimum Gasteiger partial charge on any atom is -0.256 e. The second-order valence-electron chi connectivity index (χ2n) is 5.41. The molecule has 0 aliphatic carbocycles. The van der Waals surface area contributed by atoms with Crippen LogP contribution in [0, 0.1) is 0 Å². The molecule has 0 spiro atoms. The molecular formula is C19H11N3S. The number of rotatable bonds is 1. The number of benzene rings is 2. The largest absolute Gasteiger partial charge is 0.256 e. The normalized spacial score (nSPS) is 11.5. The SMILES string of the molecule is c1cnc2c(-c3cccc4sc5ccnnc5c34)cccc2c1. The quantitative estimate of drug-likeness (QED) is 0.434. The maximum absolute atomic E-state index is 4.60. The highest BCUT2D eigenvalue weighted by Crippen LogP contribution is 2.40. The van der Waals surface area contributed by atoms with Crippen molar-refractivity contribution in [1.82, 2.24) is 15.2 Å². The van der Waals surface area contributed by atoms with E-state index in [0.29, 0.717) is 0 Å². The van der Waals surface area contributed by atoms with Crippen LogP contribution in [0.25, 0.3) is 42.3 Å². The van der Waals surface area contributed by atoms with Crippen molar-refractivity contribution in [3.63, 3.8) is 0 Å². The molecule has 0 fully saturated rings. The monoisotopic (exact) mass is 313 g/mol. The zero-order valence-corrected chi connectivity index (χ0v) is 12.9. The Labute approximate surface area is 136 Å². The molecule has 0 amide bonds. The van der Waals surface area contributed by atoms with E-state index >= 15 is 0 Å². The van der Waals surface area contributed by atoms with Crippen molar-refractivity contribution in [2.45, 2.75) is 0 Å². The number of hydrogen-bond acceptors (Lipinski definition) is 4. The summed E-state index contributed by atoms with van der Waals surface area (Å²) in [5.74, 6) is 0. The van der Waals surface area contributed by atoms with Gasteiger partial charge in [0.15, 0.2) is 0 Å². The molecule has 3 aromatic heterocycles. The molecule has 0 bridgehead atoms. The van der Waals surface area contributed by atoms with Crippen molar-refractivity contribution >= 4 is 42.5 Å². The van der Waals surface area contributed by atoms with E-state index in [9.17, 15) is 0 Å². The Morgan fingerprint density at radius 2 is 1.57 bits per heavy atom. The maximum atomic E-state index is 4.60. The summed E-state index contributed by atoms with van der Waals surface area (Å²) in [7, 11) is 0. The molecule has 108 valence electrons. The van der Waals surface area contributed by atoms with Gasteiger partial charge in [-0.15, -0.1) is 16.4 Å². The summed E-state index contributed by atoms with van der Waals surface area (Å²) in [4.78, 5) is 4.60. The molecule has 0 aliphatic heterocycles. The first-order valence-electron chi connectivity index (χ1n) is 7.39. The number of pyridine rings is 1. The first kappa shape index (κ1) is 12.7. The lowest BCUT2D eigenvalue weighted by Gasteiger charge is -2.07. The van der Waals surface area contributed by atoms with Gasteiger partial charge in [0.05, 0.1) is 16.4 Å². The number of para-hydroxylation sites is 1. The van der Waals surface area contributed by atoms with Gasteiger partial charge in [-0.05, 0) is 23.8 Å². The molecule has 0 N–H and O–H groups in total. The molecule has 0 atom stereocenters. The molecular weight excluding hydrogens is 302 g/mol. The molecule has 3 heterocycles. The highest BCUT2D eigenvalue weighted by atomic mass is 32.1. The third-order valence-corrected chi connectivity index (χ3v) is 5.20. The fourth-order valence-electron chi connectivity index (χ4n) is 3.10. The van der Waals surface area contributed by atoms with Gasteiger partial charge in [0, 0.05) is 27.2 Å². The number of fused-ring (bicyclic) bond motifs is 4. The van der Waals surface area contributed by atoms with Crippen LogP contribution in [-0.4, -0.2) is 15.2 Å². The second kappa shape index (κ2) is 4.83.